The highest BCUT2D eigenvalue weighted by Crippen LogP contribution is 2.30. The summed E-state index contributed by atoms with van der Waals surface area (Å²) in [7, 11) is 0. The molecule has 0 bridgehead atoms. The van der Waals surface area contributed by atoms with Crippen LogP contribution in [0.1, 0.15) is 22.3 Å². The summed E-state index contributed by atoms with van der Waals surface area (Å²) in [6, 6.07) is 8.04. The SMILES string of the molecule is O=C1/C(=C/c2ccc(Cl)c([N+](=O)[O-])c2)CCOc2ccc(F)cc21. The van der Waals surface area contributed by atoms with Gasteiger partial charge < -0.3 is 4.74 Å². The second-order valence-electron chi connectivity index (χ2n) is 5.21. The molecular formula is C17H11ClFNO4. The van der Waals surface area contributed by atoms with E-state index in [1.54, 1.807) is 6.07 Å². The van der Waals surface area contributed by atoms with Crippen LogP contribution in [0.15, 0.2) is 42.0 Å². The molecule has 0 spiro atoms. The predicted octanol–water partition coefficient (Wildman–Crippen LogP) is 4.44. The molecule has 0 atom stereocenters. The molecule has 0 amide bonds. The van der Waals surface area contributed by atoms with E-state index in [0.717, 1.165) is 6.07 Å². The van der Waals surface area contributed by atoms with Crippen LogP contribution < -0.4 is 4.74 Å². The second kappa shape index (κ2) is 6.41. The molecule has 0 fully saturated rings. The van der Waals surface area contributed by atoms with Gasteiger partial charge in [0.05, 0.1) is 17.1 Å². The molecule has 0 aromatic heterocycles. The minimum Gasteiger partial charge on any atom is -0.492 e. The summed E-state index contributed by atoms with van der Waals surface area (Å²) in [5.74, 6) is -0.569. The van der Waals surface area contributed by atoms with Gasteiger partial charge in [-0.05, 0) is 35.9 Å². The molecular weight excluding hydrogens is 337 g/mol. The van der Waals surface area contributed by atoms with Crippen molar-refractivity contribution in [2.75, 3.05) is 6.61 Å². The Labute approximate surface area is 141 Å². The van der Waals surface area contributed by atoms with Crippen LogP contribution in [0.3, 0.4) is 0 Å². The van der Waals surface area contributed by atoms with Gasteiger partial charge in [0, 0.05) is 18.1 Å². The lowest BCUT2D eigenvalue weighted by Crippen LogP contribution is -2.02. The standard InChI is InChI=1S/C17H11ClFNO4/c18-14-3-1-10(8-15(14)20(22)23)7-11-5-6-24-16-4-2-12(19)9-13(16)17(11)21/h1-4,7-9H,5-6H2/b11-7+. The fourth-order valence-corrected chi connectivity index (χ4v) is 2.65. The summed E-state index contributed by atoms with van der Waals surface area (Å²) in [4.78, 5) is 23.0. The topological polar surface area (TPSA) is 69.4 Å². The average Bonchev–Trinajstić information content (AvgIpc) is 2.69. The van der Waals surface area contributed by atoms with Crippen molar-refractivity contribution in [3.05, 3.63) is 74.1 Å². The molecule has 2 aromatic rings. The molecule has 0 aliphatic carbocycles. The largest absolute Gasteiger partial charge is 0.492 e. The molecule has 7 heteroatoms. The van der Waals surface area contributed by atoms with Gasteiger partial charge in [0.25, 0.3) is 5.69 Å². The lowest BCUT2D eigenvalue weighted by atomic mass is 9.99. The molecule has 0 radical (unpaired) electrons. The molecule has 1 aliphatic heterocycles. The van der Waals surface area contributed by atoms with E-state index in [-0.39, 0.29) is 28.7 Å². The number of rotatable bonds is 2. The summed E-state index contributed by atoms with van der Waals surface area (Å²) >= 11 is 5.78. The molecule has 122 valence electrons. The molecule has 5 nitrogen and oxygen atoms in total. The fourth-order valence-electron chi connectivity index (χ4n) is 2.46. The Morgan fingerprint density at radius 3 is 2.79 bits per heavy atom. The Morgan fingerprint density at radius 2 is 2.04 bits per heavy atom. The predicted molar refractivity (Wildman–Crippen MR) is 86.9 cm³/mol. The highest BCUT2D eigenvalue weighted by atomic mass is 35.5. The number of benzene rings is 2. The normalized spacial score (nSPS) is 15.6. The monoisotopic (exact) mass is 347 g/mol. The molecule has 0 N–H and O–H groups in total. The molecule has 0 saturated heterocycles. The molecule has 0 unspecified atom stereocenters. The van der Waals surface area contributed by atoms with E-state index in [1.807, 2.05) is 0 Å². The number of nitrogens with zero attached hydrogens (tertiary/aromatic N) is 1. The average molecular weight is 348 g/mol. The number of halogens is 2. The van der Waals surface area contributed by atoms with Crippen molar-refractivity contribution >= 4 is 29.1 Å². The smallest absolute Gasteiger partial charge is 0.288 e. The van der Waals surface area contributed by atoms with Gasteiger partial charge in [-0.15, -0.1) is 0 Å². The van der Waals surface area contributed by atoms with Crippen molar-refractivity contribution in [2.24, 2.45) is 0 Å². The first-order valence-corrected chi connectivity index (χ1v) is 7.45. The van der Waals surface area contributed by atoms with Crippen molar-refractivity contribution in [2.45, 2.75) is 6.42 Å². The zero-order valence-electron chi connectivity index (χ0n) is 12.3. The van der Waals surface area contributed by atoms with E-state index in [4.69, 9.17) is 16.3 Å². The van der Waals surface area contributed by atoms with E-state index in [0.29, 0.717) is 23.3 Å². The van der Waals surface area contributed by atoms with Gasteiger partial charge in [-0.2, -0.15) is 0 Å². The zero-order chi connectivity index (χ0) is 17.3. The first kappa shape index (κ1) is 16.1. The molecule has 0 saturated carbocycles. The zero-order valence-corrected chi connectivity index (χ0v) is 13.0. The number of carbonyl (C=O) groups excluding carboxylic acids is 1. The number of nitro groups is 1. The van der Waals surface area contributed by atoms with Gasteiger partial charge in [0.1, 0.15) is 16.6 Å². The summed E-state index contributed by atoms with van der Waals surface area (Å²) < 4.78 is 18.9. The Kier molecular flexibility index (Phi) is 4.31. The van der Waals surface area contributed by atoms with E-state index in [2.05, 4.69) is 0 Å². The second-order valence-corrected chi connectivity index (χ2v) is 5.61. The van der Waals surface area contributed by atoms with Crippen LogP contribution in [-0.4, -0.2) is 17.3 Å². The number of Topliss-reactive ketones (excluding diaryl/α,β-unsaturated/α-hetero) is 1. The highest BCUT2D eigenvalue weighted by Gasteiger charge is 2.22. The van der Waals surface area contributed by atoms with Gasteiger partial charge in [-0.1, -0.05) is 17.7 Å². The van der Waals surface area contributed by atoms with E-state index in [1.165, 1.54) is 30.3 Å². The first-order chi connectivity index (χ1) is 11.5. The third-order valence-electron chi connectivity index (χ3n) is 3.61. The lowest BCUT2D eigenvalue weighted by molar-refractivity contribution is -0.384. The van der Waals surface area contributed by atoms with Crippen LogP contribution in [0, 0.1) is 15.9 Å². The highest BCUT2D eigenvalue weighted by molar-refractivity contribution is 6.32. The number of ether oxygens (including phenoxy) is 1. The van der Waals surface area contributed by atoms with Crippen LogP contribution in [-0.2, 0) is 0 Å². The van der Waals surface area contributed by atoms with Crippen LogP contribution in [0.2, 0.25) is 5.02 Å². The minimum absolute atomic E-state index is 0.0186. The van der Waals surface area contributed by atoms with Crippen molar-refractivity contribution in [1.29, 1.82) is 0 Å². The maximum absolute atomic E-state index is 13.4. The first-order valence-electron chi connectivity index (χ1n) is 7.07. The van der Waals surface area contributed by atoms with E-state index >= 15 is 0 Å². The Balaban J connectivity index is 2.03. The van der Waals surface area contributed by atoms with Gasteiger partial charge in [0.2, 0.25) is 0 Å². The Morgan fingerprint density at radius 1 is 1.25 bits per heavy atom. The fraction of sp³-hybridized carbons (Fsp3) is 0.118. The summed E-state index contributed by atoms with van der Waals surface area (Å²) in [5, 5.41) is 11.0. The maximum Gasteiger partial charge on any atom is 0.288 e. The van der Waals surface area contributed by atoms with Gasteiger partial charge in [-0.3, -0.25) is 14.9 Å². The molecule has 24 heavy (non-hydrogen) atoms. The van der Waals surface area contributed by atoms with Gasteiger partial charge in [0.15, 0.2) is 5.78 Å². The van der Waals surface area contributed by atoms with Gasteiger partial charge in [-0.25, -0.2) is 4.39 Å². The number of nitro benzene ring substituents is 1. The Hall–Kier alpha value is -2.73. The van der Waals surface area contributed by atoms with E-state index in [9.17, 15) is 19.3 Å². The molecule has 1 heterocycles. The molecule has 2 aromatic carbocycles. The lowest BCUT2D eigenvalue weighted by Gasteiger charge is -2.05. The van der Waals surface area contributed by atoms with E-state index < -0.39 is 10.7 Å². The van der Waals surface area contributed by atoms with Crippen molar-refractivity contribution in [1.82, 2.24) is 0 Å². The van der Waals surface area contributed by atoms with Crippen molar-refractivity contribution in [3.63, 3.8) is 0 Å². The number of carbonyl (C=O) groups is 1. The number of fused-ring (bicyclic) bond motifs is 1. The number of hydrogen-bond acceptors (Lipinski definition) is 4. The van der Waals surface area contributed by atoms with Gasteiger partial charge >= 0.3 is 0 Å². The van der Waals surface area contributed by atoms with Crippen LogP contribution in [0.25, 0.3) is 6.08 Å². The van der Waals surface area contributed by atoms with Crippen molar-refractivity contribution in [3.8, 4) is 5.75 Å². The van der Waals surface area contributed by atoms with Crippen LogP contribution >= 0.6 is 11.6 Å². The summed E-state index contributed by atoms with van der Waals surface area (Å²) in [5.41, 5.74) is 0.752. The third kappa shape index (κ3) is 3.14. The Bertz CT molecular complexity index is 879. The maximum atomic E-state index is 13.4. The summed E-state index contributed by atoms with van der Waals surface area (Å²) in [6.07, 6.45) is 1.85. The number of ketones is 1. The summed E-state index contributed by atoms with van der Waals surface area (Å²) in [6.45, 7) is 0.256. The molecule has 1 aliphatic rings. The van der Waals surface area contributed by atoms with Crippen LogP contribution in [0.5, 0.6) is 5.75 Å². The third-order valence-corrected chi connectivity index (χ3v) is 3.93. The quantitative estimate of drug-likeness (QED) is 0.457. The minimum atomic E-state index is -0.590. The molecule has 3 rings (SSSR count). The van der Waals surface area contributed by atoms with Crippen LogP contribution in [0.4, 0.5) is 10.1 Å². The van der Waals surface area contributed by atoms with Crippen molar-refractivity contribution < 1.29 is 18.8 Å². The number of hydrogen-bond donors (Lipinski definition) is 0.